The molecule has 2 atom stereocenters. The standard InChI is InChI=1S/C50H52F3N7O7S/c1-67-44-22-32(20-34-27-60(50(64)45(34)44)42-9-6-37(61)23-43(42)62)31-12-15-57(16-13-31)26-29-10-17-58(18-11-29)36-4-2-30(3-5-36)33-21-38-39(25-55-49(38)54-24-33)48(63)46-40(52)7-8-41(47(46)53)56-68(65,66)59-19-14-35(51)28-59/h2-5,7-8,20-22,24-25,29,31,35,42,56H,6,9-19,23,26-28H2,1H3,(H,54,55)/t35-,42?/m1/s1. The zero-order valence-electron chi connectivity index (χ0n) is 37.6. The van der Waals surface area contributed by atoms with Crippen molar-refractivity contribution >= 4 is 55.9 Å². The van der Waals surface area contributed by atoms with Gasteiger partial charge in [-0.05, 0) is 117 Å². The van der Waals surface area contributed by atoms with Crippen LogP contribution in [-0.2, 0) is 26.3 Å². The molecule has 18 heteroatoms. The van der Waals surface area contributed by atoms with Crippen LogP contribution in [0, 0.1) is 17.6 Å². The van der Waals surface area contributed by atoms with Gasteiger partial charge in [0.05, 0.1) is 36.4 Å². The monoisotopic (exact) mass is 951 g/mol. The lowest BCUT2D eigenvalue weighted by Crippen LogP contribution is -2.44. The van der Waals surface area contributed by atoms with Crippen molar-refractivity contribution in [2.75, 3.05) is 62.5 Å². The molecule has 2 aromatic heterocycles. The van der Waals surface area contributed by atoms with Crippen LogP contribution in [0.2, 0.25) is 0 Å². The molecule has 0 spiro atoms. The number of hydrogen-bond acceptors (Lipinski definition) is 10. The van der Waals surface area contributed by atoms with Crippen LogP contribution in [-0.4, -0.2) is 121 Å². The first-order valence-corrected chi connectivity index (χ1v) is 24.7. The van der Waals surface area contributed by atoms with Crippen LogP contribution in [0.4, 0.5) is 24.5 Å². The summed E-state index contributed by atoms with van der Waals surface area (Å²) in [5.74, 6) is -2.53. The number of piperidine rings is 2. The molecule has 1 amide bonds. The number of alkyl halides is 1. The van der Waals surface area contributed by atoms with Crippen LogP contribution >= 0.6 is 0 Å². The maximum Gasteiger partial charge on any atom is 0.301 e. The number of ether oxygens (including phenoxy) is 1. The second-order valence-electron chi connectivity index (χ2n) is 18.8. The van der Waals surface area contributed by atoms with E-state index in [1.54, 1.807) is 24.3 Å². The van der Waals surface area contributed by atoms with Crippen molar-refractivity contribution in [1.82, 2.24) is 24.1 Å². The Morgan fingerprint density at radius 1 is 0.912 bits per heavy atom. The smallest absolute Gasteiger partial charge is 0.301 e. The van der Waals surface area contributed by atoms with Crippen LogP contribution in [0.1, 0.15) is 94.7 Å². The number of nitrogens with zero attached hydrogens (tertiary/aromatic N) is 5. The van der Waals surface area contributed by atoms with Crippen molar-refractivity contribution in [2.45, 2.75) is 76.0 Å². The number of carbonyl (C=O) groups is 4. The molecule has 0 bridgehead atoms. The Bertz CT molecular complexity index is 2930. The number of aromatic nitrogens is 2. The molecule has 356 valence electrons. The van der Waals surface area contributed by atoms with Crippen LogP contribution < -0.4 is 14.4 Å². The Balaban J connectivity index is 0.738. The van der Waals surface area contributed by atoms with E-state index < -0.39 is 51.1 Å². The highest BCUT2D eigenvalue weighted by Crippen LogP contribution is 2.40. The van der Waals surface area contributed by atoms with Crippen LogP contribution in [0.25, 0.3) is 22.2 Å². The second-order valence-corrected chi connectivity index (χ2v) is 20.4. The Labute approximate surface area is 392 Å². The number of likely N-dealkylation sites (tertiary alicyclic amines) is 1. The molecule has 2 N–H and O–H groups in total. The first-order chi connectivity index (χ1) is 32.7. The van der Waals surface area contributed by atoms with E-state index in [1.165, 1.54) is 6.20 Å². The minimum atomic E-state index is -4.36. The Morgan fingerprint density at radius 3 is 2.38 bits per heavy atom. The van der Waals surface area contributed by atoms with Crippen molar-refractivity contribution in [3.05, 3.63) is 106 Å². The molecule has 3 saturated heterocycles. The van der Waals surface area contributed by atoms with Gasteiger partial charge in [-0.15, -0.1) is 0 Å². The third-order valence-corrected chi connectivity index (χ3v) is 16.1. The number of pyridine rings is 1. The number of benzene rings is 3. The fourth-order valence-corrected chi connectivity index (χ4v) is 12.1. The van der Waals surface area contributed by atoms with E-state index in [2.05, 4.69) is 38.0 Å². The van der Waals surface area contributed by atoms with Gasteiger partial charge >= 0.3 is 10.2 Å². The highest BCUT2D eigenvalue weighted by atomic mass is 32.2. The van der Waals surface area contributed by atoms with Crippen molar-refractivity contribution < 1.29 is 45.5 Å². The normalized spacial score (nSPS) is 21.3. The van der Waals surface area contributed by atoms with Crippen LogP contribution in [0.15, 0.2) is 67.0 Å². The van der Waals surface area contributed by atoms with Gasteiger partial charge < -0.3 is 24.4 Å². The molecule has 4 fully saturated rings. The zero-order chi connectivity index (χ0) is 47.4. The topological polar surface area (TPSA) is 165 Å². The number of fused-ring (bicyclic) bond motifs is 2. The average Bonchev–Trinajstić information content (AvgIpc) is 4.07. The lowest BCUT2D eigenvalue weighted by molar-refractivity contribution is -0.133. The van der Waals surface area contributed by atoms with E-state index in [-0.39, 0.29) is 49.0 Å². The van der Waals surface area contributed by atoms with Gasteiger partial charge in [0.2, 0.25) is 5.78 Å². The van der Waals surface area contributed by atoms with Gasteiger partial charge in [-0.1, -0.05) is 18.2 Å². The maximum atomic E-state index is 15.8. The summed E-state index contributed by atoms with van der Waals surface area (Å²) in [5.41, 5.74) is 3.91. The molecule has 0 radical (unpaired) electrons. The molecular formula is C50H52F3N7O7S. The van der Waals surface area contributed by atoms with Gasteiger partial charge in [-0.25, -0.2) is 18.2 Å². The van der Waals surface area contributed by atoms with Crippen molar-refractivity contribution in [2.24, 2.45) is 5.92 Å². The summed E-state index contributed by atoms with van der Waals surface area (Å²) in [7, 11) is -2.78. The number of aromatic amines is 1. The molecule has 6 heterocycles. The molecule has 5 aliphatic rings. The first-order valence-electron chi connectivity index (χ1n) is 23.3. The Kier molecular flexibility index (Phi) is 12.4. The largest absolute Gasteiger partial charge is 0.496 e. The average molecular weight is 952 g/mol. The molecule has 10 rings (SSSR count). The highest BCUT2D eigenvalue weighted by Gasteiger charge is 2.41. The van der Waals surface area contributed by atoms with Crippen LogP contribution in [0.3, 0.4) is 0 Å². The molecule has 5 aromatic rings. The number of methoxy groups -OCH3 is 1. The van der Waals surface area contributed by atoms with Crippen molar-refractivity contribution in [3.8, 4) is 16.9 Å². The number of hydrogen-bond donors (Lipinski definition) is 2. The number of Topliss-reactive ketones (excluding diaryl/α,β-unsaturated/α-hetero) is 2. The predicted molar refractivity (Wildman–Crippen MR) is 249 cm³/mol. The number of rotatable bonds is 12. The molecule has 1 saturated carbocycles. The lowest BCUT2D eigenvalue weighted by Gasteiger charge is -2.38. The molecule has 14 nitrogen and oxygen atoms in total. The van der Waals surface area contributed by atoms with E-state index in [1.807, 2.05) is 22.9 Å². The number of amides is 1. The van der Waals surface area contributed by atoms with Gasteiger partial charge in [0.25, 0.3) is 5.91 Å². The minimum Gasteiger partial charge on any atom is -0.496 e. The molecule has 1 unspecified atom stereocenters. The third kappa shape index (κ3) is 8.77. The van der Waals surface area contributed by atoms with Gasteiger partial charge in [-0.3, -0.25) is 23.9 Å². The molecule has 68 heavy (non-hydrogen) atoms. The number of H-pyrrole nitrogens is 1. The SMILES string of the molecule is COc1cc(C2CCN(CC3CCN(c4ccc(-c5cnc6[nH]cc(C(=O)c7c(F)ccc(NS(=O)(=O)N8CC[C@@H](F)C8)c7F)c6c5)cc4)CC3)CC2)cc2c1C(=O)N(C1CCC(=O)CC1=O)C2. The summed E-state index contributed by atoms with van der Waals surface area (Å²) in [5, 5.41) is 0.335. The molecular weight excluding hydrogens is 900 g/mol. The molecule has 1 aliphatic carbocycles. The Morgan fingerprint density at radius 2 is 1.68 bits per heavy atom. The summed E-state index contributed by atoms with van der Waals surface area (Å²) in [6.07, 6.45) is 6.33. The summed E-state index contributed by atoms with van der Waals surface area (Å²) in [4.78, 5) is 65.8. The van der Waals surface area contributed by atoms with E-state index in [0.29, 0.717) is 59.1 Å². The van der Waals surface area contributed by atoms with Crippen molar-refractivity contribution in [3.63, 3.8) is 0 Å². The first kappa shape index (κ1) is 45.7. The summed E-state index contributed by atoms with van der Waals surface area (Å²) < 4.78 is 78.9. The van der Waals surface area contributed by atoms with E-state index >= 15 is 8.78 Å². The zero-order valence-corrected chi connectivity index (χ0v) is 38.4. The minimum absolute atomic E-state index is 0.00319. The van der Waals surface area contributed by atoms with E-state index in [0.717, 1.165) is 97.2 Å². The summed E-state index contributed by atoms with van der Waals surface area (Å²) in [6, 6.07) is 15.1. The fourth-order valence-electron chi connectivity index (χ4n) is 10.8. The number of halogens is 3. The summed E-state index contributed by atoms with van der Waals surface area (Å²) in [6.45, 7) is 4.71. The van der Waals surface area contributed by atoms with Crippen LogP contribution in [0.5, 0.6) is 5.75 Å². The second kappa shape index (κ2) is 18.4. The lowest BCUT2D eigenvalue weighted by atomic mass is 9.86. The number of anilines is 2. The van der Waals surface area contributed by atoms with E-state index in [9.17, 15) is 32.0 Å². The molecule has 4 aliphatic heterocycles. The highest BCUT2D eigenvalue weighted by molar-refractivity contribution is 7.90. The number of ketones is 3. The predicted octanol–water partition coefficient (Wildman–Crippen LogP) is 7.19. The number of nitrogens with one attached hydrogen (secondary N) is 2. The third-order valence-electron chi connectivity index (χ3n) is 14.6. The van der Waals surface area contributed by atoms with Gasteiger partial charge in [0.1, 0.15) is 29.2 Å². The Hall–Kier alpha value is -6.11. The van der Waals surface area contributed by atoms with Gasteiger partial charge in [0, 0.05) is 80.3 Å². The fraction of sp³-hybridized carbons (Fsp3) is 0.420. The van der Waals surface area contributed by atoms with E-state index in [4.69, 9.17) is 4.74 Å². The quantitative estimate of drug-likeness (QED) is 0.0967. The van der Waals surface area contributed by atoms with Gasteiger partial charge in [-0.2, -0.15) is 12.7 Å². The molecule has 3 aromatic carbocycles. The maximum absolute atomic E-state index is 15.8. The number of carbonyl (C=O) groups excluding carboxylic acids is 4. The summed E-state index contributed by atoms with van der Waals surface area (Å²) >= 11 is 0. The van der Waals surface area contributed by atoms with Crippen molar-refractivity contribution in [1.29, 1.82) is 0 Å². The van der Waals surface area contributed by atoms with Gasteiger partial charge in [0.15, 0.2) is 11.6 Å².